The summed E-state index contributed by atoms with van der Waals surface area (Å²) < 4.78 is 1.10. The van der Waals surface area contributed by atoms with Gasteiger partial charge in [0, 0.05) is 29.5 Å². The number of halogens is 1. The first kappa shape index (κ1) is 21.3. The highest BCUT2D eigenvalue weighted by molar-refractivity contribution is 9.10. The van der Waals surface area contributed by atoms with Gasteiger partial charge in [0.25, 0.3) is 5.91 Å². The molecule has 32 heavy (non-hydrogen) atoms. The number of hydrogen-bond acceptors (Lipinski definition) is 4. The number of piperidine rings is 2. The van der Waals surface area contributed by atoms with E-state index in [0.717, 1.165) is 42.5 Å². The van der Waals surface area contributed by atoms with Gasteiger partial charge in [0.15, 0.2) is 0 Å². The Morgan fingerprint density at radius 1 is 0.969 bits per heavy atom. The van der Waals surface area contributed by atoms with Crippen LogP contribution in [0.25, 0.3) is 0 Å². The molecule has 0 bridgehead atoms. The van der Waals surface area contributed by atoms with Gasteiger partial charge in [-0.05, 0) is 73.2 Å². The van der Waals surface area contributed by atoms with Crippen LogP contribution in [0.1, 0.15) is 58.6 Å². The highest BCUT2D eigenvalue weighted by Crippen LogP contribution is 2.34. The van der Waals surface area contributed by atoms with Gasteiger partial charge < -0.3 is 4.90 Å². The van der Waals surface area contributed by atoms with Crippen molar-refractivity contribution in [3.8, 4) is 0 Å². The van der Waals surface area contributed by atoms with Crippen LogP contribution >= 0.6 is 15.9 Å². The number of imide groups is 1. The van der Waals surface area contributed by atoms with Crippen LogP contribution < -0.4 is 5.32 Å². The molecule has 1 atom stereocenters. The SMILES string of the molecule is O=C1CCC(N2Cc3cc(C4CCN(Cc5ccc(Br)cc5)CC4)ccc3C2=O)C(=O)N1. The Morgan fingerprint density at radius 2 is 1.72 bits per heavy atom. The minimum Gasteiger partial charge on any atom is -0.322 e. The number of fused-ring (bicyclic) bond motifs is 1. The number of nitrogens with zero attached hydrogens (tertiary/aromatic N) is 2. The molecule has 2 saturated heterocycles. The van der Waals surface area contributed by atoms with Crippen LogP contribution in [-0.2, 0) is 22.7 Å². The first-order chi connectivity index (χ1) is 15.5. The lowest BCUT2D eigenvalue weighted by atomic mass is 9.87. The van der Waals surface area contributed by atoms with Crippen molar-refractivity contribution >= 4 is 33.7 Å². The number of hydrogen-bond donors (Lipinski definition) is 1. The highest BCUT2D eigenvalue weighted by atomic mass is 79.9. The Hall–Kier alpha value is -2.51. The second-order valence-electron chi connectivity index (χ2n) is 8.99. The molecule has 2 aromatic carbocycles. The Morgan fingerprint density at radius 3 is 2.44 bits per heavy atom. The van der Waals surface area contributed by atoms with E-state index in [4.69, 9.17) is 0 Å². The van der Waals surface area contributed by atoms with E-state index in [1.807, 2.05) is 6.07 Å². The van der Waals surface area contributed by atoms with Gasteiger partial charge in [-0.25, -0.2) is 0 Å². The van der Waals surface area contributed by atoms with Crippen molar-refractivity contribution in [2.75, 3.05) is 13.1 Å². The van der Waals surface area contributed by atoms with Crippen molar-refractivity contribution in [2.45, 2.75) is 50.7 Å². The minimum absolute atomic E-state index is 0.106. The summed E-state index contributed by atoms with van der Waals surface area (Å²) >= 11 is 3.49. The summed E-state index contributed by atoms with van der Waals surface area (Å²) in [7, 11) is 0. The largest absolute Gasteiger partial charge is 0.322 e. The number of nitrogens with one attached hydrogen (secondary N) is 1. The molecule has 6 nitrogen and oxygen atoms in total. The van der Waals surface area contributed by atoms with Gasteiger partial charge in [0.1, 0.15) is 6.04 Å². The monoisotopic (exact) mass is 495 g/mol. The third-order valence-corrected chi connectivity index (χ3v) is 7.45. The fourth-order valence-electron chi connectivity index (χ4n) is 5.12. The van der Waals surface area contributed by atoms with Crippen LogP contribution in [-0.4, -0.2) is 46.7 Å². The Kier molecular flexibility index (Phi) is 5.86. The van der Waals surface area contributed by atoms with Gasteiger partial charge in [-0.2, -0.15) is 0 Å². The molecule has 3 aliphatic rings. The molecule has 1 unspecified atom stereocenters. The molecule has 0 aromatic heterocycles. The molecule has 1 N–H and O–H groups in total. The zero-order valence-corrected chi connectivity index (χ0v) is 19.4. The maximum Gasteiger partial charge on any atom is 0.255 e. The molecule has 2 fully saturated rings. The van der Waals surface area contributed by atoms with E-state index in [1.165, 1.54) is 11.1 Å². The van der Waals surface area contributed by atoms with Crippen LogP contribution in [0.15, 0.2) is 46.9 Å². The quantitative estimate of drug-likeness (QED) is 0.658. The van der Waals surface area contributed by atoms with Gasteiger partial charge in [0.2, 0.25) is 11.8 Å². The van der Waals surface area contributed by atoms with E-state index in [1.54, 1.807) is 4.90 Å². The number of benzene rings is 2. The van der Waals surface area contributed by atoms with Crippen LogP contribution in [0.5, 0.6) is 0 Å². The maximum atomic E-state index is 12.9. The van der Waals surface area contributed by atoms with Crippen LogP contribution in [0, 0.1) is 0 Å². The minimum atomic E-state index is -0.558. The fourth-order valence-corrected chi connectivity index (χ4v) is 5.39. The van der Waals surface area contributed by atoms with E-state index >= 15 is 0 Å². The van der Waals surface area contributed by atoms with E-state index in [0.29, 0.717) is 24.4 Å². The standard InChI is InChI=1S/C25H26BrN3O3/c26-20-4-1-16(2-5-20)14-28-11-9-17(10-12-28)18-3-6-21-19(13-18)15-29(25(21)32)22-7-8-23(30)27-24(22)31/h1-6,13,17,22H,7-12,14-15H2,(H,27,30,31). The number of rotatable bonds is 4. The normalized spacial score (nSPS) is 22.2. The van der Waals surface area contributed by atoms with Gasteiger partial charge in [0.05, 0.1) is 0 Å². The average Bonchev–Trinajstić information content (AvgIpc) is 3.11. The third-order valence-electron chi connectivity index (χ3n) is 6.93. The molecule has 166 valence electrons. The summed E-state index contributed by atoms with van der Waals surface area (Å²) in [6.45, 7) is 3.52. The highest BCUT2D eigenvalue weighted by Gasteiger charge is 2.39. The summed E-state index contributed by atoms with van der Waals surface area (Å²) in [6, 6.07) is 14.1. The van der Waals surface area contributed by atoms with Crippen molar-refractivity contribution in [3.05, 3.63) is 69.2 Å². The van der Waals surface area contributed by atoms with Crippen molar-refractivity contribution in [3.63, 3.8) is 0 Å². The molecule has 2 aromatic rings. The summed E-state index contributed by atoms with van der Waals surface area (Å²) in [6.07, 6.45) is 2.87. The maximum absolute atomic E-state index is 12.9. The van der Waals surface area contributed by atoms with Gasteiger partial charge in [-0.3, -0.25) is 24.6 Å². The third kappa shape index (κ3) is 4.24. The fraction of sp³-hybridized carbons (Fsp3) is 0.400. The van der Waals surface area contributed by atoms with E-state index < -0.39 is 6.04 Å². The summed E-state index contributed by atoms with van der Waals surface area (Å²) in [4.78, 5) is 40.7. The predicted molar refractivity (Wildman–Crippen MR) is 124 cm³/mol. The average molecular weight is 496 g/mol. The number of amides is 3. The van der Waals surface area contributed by atoms with E-state index in [2.05, 4.69) is 62.5 Å². The van der Waals surface area contributed by atoms with E-state index in [-0.39, 0.29) is 24.1 Å². The van der Waals surface area contributed by atoms with Gasteiger partial charge in [-0.15, -0.1) is 0 Å². The van der Waals surface area contributed by atoms with Crippen molar-refractivity contribution in [1.29, 1.82) is 0 Å². The van der Waals surface area contributed by atoms with E-state index in [9.17, 15) is 14.4 Å². The zero-order valence-electron chi connectivity index (χ0n) is 17.9. The van der Waals surface area contributed by atoms with Crippen LogP contribution in [0.2, 0.25) is 0 Å². The lowest BCUT2D eigenvalue weighted by Crippen LogP contribution is -2.52. The number of carbonyl (C=O) groups is 3. The zero-order chi connectivity index (χ0) is 22.2. The molecule has 7 heteroatoms. The van der Waals surface area contributed by atoms with Crippen LogP contribution in [0.3, 0.4) is 0 Å². The predicted octanol–water partition coefficient (Wildman–Crippen LogP) is 3.59. The molecule has 0 saturated carbocycles. The second kappa shape index (κ2) is 8.79. The molecule has 0 radical (unpaired) electrons. The van der Waals surface area contributed by atoms with Gasteiger partial charge >= 0.3 is 0 Å². The van der Waals surface area contributed by atoms with Gasteiger partial charge in [-0.1, -0.05) is 40.2 Å². The Labute approximate surface area is 196 Å². The molecular formula is C25H26BrN3O3. The first-order valence-electron chi connectivity index (χ1n) is 11.2. The number of carbonyl (C=O) groups excluding carboxylic acids is 3. The molecular weight excluding hydrogens is 470 g/mol. The van der Waals surface area contributed by atoms with Crippen molar-refractivity contribution in [2.24, 2.45) is 0 Å². The molecule has 0 aliphatic carbocycles. The number of likely N-dealkylation sites (tertiary alicyclic amines) is 1. The first-order valence-corrected chi connectivity index (χ1v) is 12.0. The molecule has 0 spiro atoms. The topological polar surface area (TPSA) is 69.7 Å². The lowest BCUT2D eigenvalue weighted by molar-refractivity contribution is -0.136. The summed E-state index contributed by atoms with van der Waals surface area (Å²) in [5.41, 5.74) is 4.29. The smallest absolute Gasteiger partial charge is 0.255 e. The van der Waals surface area contributed by atoms with Crippen molar-refractivity contribution in [1.82, 2.24) is 15.1 Å². The second-order valence-corrected chi connectivity index (χ2v) is 9.91. The lowest BCUT2D eigenvalue weighted by Gasteiger charge is -2.32. The Bertz CT molecular complexity index is 1060. The van der Waals surface area contributed by atoms with Crippen molar-refractivity contribution < 1.29 is 14.4 Å². The summed E-state index contributed by atoms with van der Waals surface area (Å²) in [5, 5.41) is 2.36. The molecule has 3 aliphatic heterocycles. The molecule has 5 rings (SSSR count). The summed E-state index contributed by atoms with van der Waals surface area (Å²) in [5.74, 6) is -0.239. The molecule has 3 amide bonds. The van der Waals surface area contributed by atoms with Crippen LogP contribution in [0.4, 0.5) is 0 Å². The molecule has 3 heterocycles. The Balaban J connectivity index is 1.22.